The van der Waals surface area contributed by atoms with Crippen LogP contribution in [0, 0.1) is 11.3 Å². The maximum absolute atomic E-state index is 10.7. The van der Waals surface area contributed by atoms with E-state index in [1.807, 2.05) is 0 Å². The highest BCUT2D eigenvalue weighted by atomic mass is 35.5. The van der Waals surface area contributed by atoms with Gasteiger partial charge in [0.05, 0.1) is 0 Å². The molecule has 1 aliphatic rings. The maximum atomic E-state index is 10.7. The van der Waals surface area contributed by atoms with Crippen LogP contribution in [0.3, 0.4) is 0 Å². The summed E-state index contributed by atoms with van der Waals surface area (Å²) in [6.07, 6.45) is 0. The number of hydrogen-bond donors (Lipinski definition) is 1. The van der Waals surface area contributed by atoms with Crippen molar-refractivity contribution in [1.82, 2.24) is 0 Å². The first-order chi connectivity index (χ1) is 4.91. The van der Waals surface area contributed by atoms with Gasteiger partial charge in [-0.25, -0.2) is 0 Å². The molecule has 0 aromatic carbocycles. The lowest BCUT2D eigenvalue weighted by Gasteiger charge is -2.06. The van der Waals surface area contributed by atoms with Crippen molar-refractivity contribution in [3.8, 4) is 0 Å². The highest BCUT2D eigenvalue weighted by molar-refractivity contribution is 6.54. The van der Waals surface area contributed by atoms with E-state index in [9.17, 15) is 4.79 Å². The summed E-state index contributed by atoms with van der Waals surface area (Å²) in [5, 5.41) is 8.76. The van der Waals surface area contributed by atoms with E-state index in [4.69, 9.17) is 39.9 Å². The molecule has 0 saturated heterocycles. The Balaban J connectivity index is 0.00000121. The number of hydrogen-bond acceptors (Lipinski definition) is 1. The Bertz CT molecular complexity index is 206. The Hall–Kier alpha value is 0.630. The molecular formula is C6H8Cl4O2. The Morgan fingerprint density at radius 3 is 1.92 bits per heavy atom. The molecule has 1 aliphatic carbocycles. The number of carboxylic acid groups (broad SMARTS) is 1. The van der Waals surface area contributed by atoms with Gasteiger partial charge in [-0.2, -0.15) is 0 Å². The van der Waals surface area contributed by atoms with Crippen LogP contribution in [0.1, 0.15) is 6.92 Å². The Morgan fingerprint density at radius 2 is 1.92 bits per heavy atom. The zero-order chi connectivity index (χ0) is 8.86. The van der Waals surface area contributed by atoms with E-state index in [1.165, 1.54) is 0 Å². The average Bonchev–Trinajstić information content (AvgIpc) is 2.30. The third-order valence-corrected chi connectivity index (χ3v) is 4.14. The lowest BCUT2D eigenvalue weighted by atomic mass is 10.1. The quantitative estimate of drug-likeness (QED) is 0.768. The normalized spacial score (nSPS) is 36.8. The molecule has 0 bridgehead atoms. The summed E-state index contributed by atoms with van der Waals surface area (Å²) in [6.45, 7) is 1.68. The summed E-state index contributed by atoms with van der Waals surface area (Å²) in [5.74, 6) is -1.35. The molecule has 0 aromatic heterocycles. The lowest BCUT2D eigenvalue weighted by Crippen LogP contribution is -2.23. The largest absolute Gasteiger partial charge is 0.481 e. The van der Waals surface area contributed by atoms with Gasteiger partial charge in [0, 0.05) is 11.8 Å². The van der Waals surface area contributed by atoms with Crippen LogP contribution in [0.25, 0.3) is 0 Å². The zero-order valence-corrected chi connectivity index (χ0v) is 9.27. The van der Waals surface area contributed by atoms with Gasteiger partial charge in [-0.1, -0.05) is 30.1 Å². The van der Waals surface area contributed by atoms with E-state index < -0.39 is 15.7 Å². The number of alkyl halides is 3. The minimum Gasteiger partial charge on any atom is -0.481 e. The second-order valence-corrected chi connectivity index (χ2v) is 4.41. The number of halogens is 4. The monoisotopic (exact) mass is 252 g/mol. The molecule has 72 valence electrons. The summed E-state index contributed by atoms with van der Waals surface area (Å²) in [6, 6.07) is 0. The van der Waals surface area contributed by atoms with E-state index >= 15 is 0 Å². The molecule has 1 fully saturated rings. The molecule has 2 nitrogen and oxygen atoms in total. The van der Waals surface area contributed by atoms with Crippen molar-refractivity contribution in [2.75, 3.05) is 5.88 Å². The van der Waals surface area contributed by atoms with Gasteiger partial charge in [0.15, 0.2) is 0 Å². The van der Waals surface area contributed by atoms with Crippen LogP contribution in [0.2, 0.25) is 0 Å². The summed E-state index contributed by atoms with van der Waals surface area (Å²) in [4.78, 5) is 10.7. The van der Waals surface area contributed by atoms with Crippen LogP contribution in [0.15, 0.2) is 0 Å². The summed E-state index contributed by atoms with van der Waals surface area (Å²) < 4.78 is -1.19. The van der Waals surface area contributed by atoms with E-state index in [0.717, 1.165) is 0 Å². The third kappa shape index (κ3) is 1.20. The first-order valence-electron chi connectivity index (χ1n) is 3.08. The summed E-state index contributed by atoms with van der Waals surface area (Å²) in [7, 11) is 0. The minimum absolute atomic E-state index is 0. The van der Waals surface area contributed by atoms with Crippen molar-refractivity contribution in [3.05, 3.63) is 0 Å². The van der Waals surface area contributed by atoms with Gasteiger partial charge in [-0.05, 0) is 0 Å². The smallest absolute Gasteiger partial charge is 0.314 e. The van der Waals surface area contributed by atoms with Crippen LogP contribution < -0.4 is 0 Å². The van der Waals surface area contributed by atoms with E-state index in [1.54, 1.807) is 6.92 Å². The molecule has 0 heterocycles. The zero-order valence-electron chi connectivity index (χ0n) is 6.18. The Kier molecular flexibility index (Phi) is 3.59. The number of rotatable bonds is 2. The second kappa shape index (κ2) is 3.41. The predicted molar refractivity (Wildman–Crippen MR) is 51.6 cm³/mol. The molecule has 1 saturated carbocycles. The molecule has 0 aliphatic heterocycles. The van der Waals surface area contributed by atoms with Gasteiger partial charge in [-0.15, -0.1) is 24.0 Å². The van der Waals surface area contributed by atoms with Crippen molar-refractivity contribution < 1.29 is 9.90 Å². The number of aliphatic carboxylic acids is 1. The van der Waals surface area contributed by atoms with E-state index in [2.05, 4.69) is 0 Å². The number of carboxylic acids is 1. The van der Waals surface area contributed by atoms with Crippen molar-refractivity contribution in [2.45, 2.75) is 11.3 Å². The van der Waals surface area contributed by atoms with Gasteiger partial charge in [0.2, 0.25) is 0 Å². The molecule has 12 heavy (non-hydrogen) atoms. The molecule has 2 unspecified atom stereocenters. The standard InChI is InChI=1S/C6H7Cl3O2.ClH/c1-3-5(2-7,4(10)11)6(3,8)9;/h3H,2H2,1H3,(H,10,11);1H. The second-order valence-electron chi connectivity index (χ2n) is 2.75. The summed E-state index contributed by atoms with van der Waals surface area (Å²) in [5.41, 5.74) is -1.14. The van der Waals surface area contributed by atoms with Crippen LogP contribution in [-0.2, 0) is 4.79 Å². The minimum atomic E-state index is -1.19. The fraction of sp³-hybridized carbons (Fsp3) is 0.833. The van der Waals surface area contributed by atoms with Crippen LogP contribution >= 0.6 is 47.2 Å². The SMILES string of the molecule is CC1C(Cl)(Cl)C1(CCl)C(=O)O.Cl. The van der Waals surface area contributed by atoms with Crippen LogP contribution in [-0.4, -0.2) is 21.3 Å². The molecule has 0 spiro atoms. The molecule has 0 radical (unpaired) electrons. The highest BCUT2D eigenvalue weighted by Gasteiger charge is 2.78. The first kappa shape index (κ1) is 12.6. The van der Waals surface area contributed by atoms with Gasteiger partial charge in [0.1, 0.15) is 9.75 Å². The Morgan fingerprint density at radius 1 is 1.58 bits per heavy atom. The van der Waals surface area contributed by atoms with Gasteiger partial charge in [0.25, 0.3) is 0 Å². The lowest BCUT2D eigenvalue weighted by molar-refractivity contribution is -0.143. The molecule has 2 atom stereocenters. The van der Waals surface area contributed by atoms with Crippen molar-refractivity contribution in [1.29, 1.82) is 0 Å². The van der Waals surface area contributed by atoms with Gasteiger partial charge >= 0.3 is 5.97 Å². The van der Waals surface area contributed by atoms with E-state index in [0.29, 0.717) is 0 Å². The maximum Gasteiger partial charge on any atom is 0.314 e. The predicted octanol–water partition coefficient (Wildman–Crippen LogP) is 2.54. The molecular weight excluding hydrogens is 246 g/mol. The average molecular weight is 254 g/mol. The van der Waals surface area contributed by atoms with Gasteiger partial charge in [-0.3, -0.25) is 4.79 Å². The summed E-state index contributed by atoms with van der Waals surface area (Å²) >= 11 is 16.9. The van der Waals surface area contributed by atoms with Crippen LogP contribution in [0.5, 0.6) is 0 Å². The van der Waals surface area contributed by atoms with Crippen molar-refractivity contribution >= 4 is 53.2 Å². The fourth-order valence-corrected chi connectivity index (χ4v) is 2.81. The molecule has 1 rings (SSSR count). The number of carbonyl (C=O) groups is 1. The van der Waals surface area contributed by atoms with Crippen molar-refractivity contribution in [2.24, 2.45) is 11.3 Å². The topological polar surface area (TPSA) is 37.3 Å². The van der Waals surface area contributed by atoms with Crippen molar-refractivity contribution in [3.63, 3.8) is 0 Å². The molecule has 0 aromatic rings. The van der Waals surface area contributed by atoms with E-state index in [-0.39, 0.29) is 24.2 Å². The molecule has 1 N–H and O–H groups in total. The Labute approximate surface area is 91.6 Å². The van der Waals surface area contributed by atoms with Gasteiger partial charge < -0.3 is 5.11 Å². The highest BCUT2D eigenvalue weighted by Crippen LogP contribution is 2.69. The molecule has 0 amide bonds. The first-order valence-corrected chi connectivity index (χ1v) is 4.37. The van der Waals surface area contributed by atoms with Crippen LogP contribution in [0.4, 0.5) is 0 Å². The fourth-order valence-electron chi connectivity index (χ4n) is 1.23. The third-order valence-electron chi connectivity index (χ3n) is 2.39. The molecule has 6 heteroatoms.